The van der Waals surface area contributed by atoms with Gasteiger partial charge in [-0.2, -0.15) is 0 Å². The number of benzene rings is 2. The Labute approximate surface area is 306 Å². The highest BCUT2D eigenvalue weighted by Crippen LogP contribution is 2.57. The van der Waals surface area contributed by atoms with Gasteiger partial charge in [0.15, 0.2) is 39.6 Å². The van der Waals surface area contributed by atoms with Crippen LogP contribution in [0.4, 0.5) is 0 Å². The number of nitrogens with zero attached hydrogens (tertiary/aromatic N) is 1. The molecule has 0 fully saturated rings. The third kappa shape index (κ3) is 7.83. The van der Waals surface area contributed by atoms with E-state index in [1.165, 1.54) is 5.56 Å². The molecule has 8 nitrogen and oxygen atoms in total. The second-order valence-electron chi connectivity index (χ2n) is 18.8. The lowest BCUT2D eigenvalue weighted by atomic mass is 9.84. The van der Waals surface area contributed by atoms with Gasteiger partial charge in [0, 0.05) is 17.7 Å². The molecule has 0 aliphatic carbocycles. The van der Waals surface area contributed by atoms with E-state index in [4.69, 9.17) is 32.2 Å². The monoisotopic (exact) mass is 745 g/mol. The molecule has 0 spiro atoms. The summed E-state index contributed by atoms with van der Waals surface area (Å²) in [7, 11) is -1.22. The fraction of sp³-hybridized carbons (Fsp3) is 0.692. The summed E-state index contributed by atoms with van der Waals surface area (Å²) < 4.78 is 46.3. The van der Waals surface area contributed by atoms with Crippen molar-refractivity contribution >= 4 is 25.0 Å². The summed E-state index contributed by atoms with van der Waals surface area (Å²) in [6, 6.07) is 6.18. The molecule has 2 aromatic rings. The Morgan fingerprint density at radius 2 is 1.40 bits per heavy atom. The van der Waals surface area contributed by atoms with Crippen molar-refractivity contribution in [2.45, 2.75) is 142 Å². The van der Waals surface area contributed by atoms with Gasteiger partial charge in [-0.3, -0.25) is 4.90 Å². The lowest BCUT2D eigenvalue weighted by Crippen LogP contribution is -2.47. The molecule has 11 heteroatoms. The van der Waals surface area contributed by atoms with Crippen molar-refractivity contribution in [3.8, 4) is 28.7 Å². The van der Waals surface area contributed by atoms with Crippen LogP contribution >= 0.6 is 0 Å². The molecule has 0 N–H and O–H groups in total. The average Bonchev–Trinajstić information content (AvgIpc) is 3.45. The van der Waals surface area contributed by atoms with E-state index in [0.29, 0.717) is 23.9 Å². The minimum absolute atomic E-state index is 0.0211. The first kappa shape index (κ1) is 40.7. The van der Waals surface area contributed by atoms with E-state index in [1.807, 2.05) is 6.07 Å². The van der Waals surface area contributed by atoms with Crippen LogP contribution in [-0.4, -0.2) is 64.5 Å². The molecule has 2 aliphatic heterocycles. The number of hydrogen-bond donors (Lipinski definition) is 0. The molecule has 0 saturated heterocycles. The Bertz CT molecular complexity index is 1540. The van der Waals surface area contributed by atoms with E-state index in [0.717, 1.165) is 41.2 Å². The van der Waals surface area contributed by atoms with Gasteiger partial charge in [0.1, 0.15) is 0 Å². The number of rotatable bonds is 11. The molecule has 282 valence electrons. The van der Waals surface area contributed by atoms with Gasteiger partial charge in [-0.15, -0.1) is 0 Å². The van der Waals surface area contributed by atoms with Crippen molar-refractivity contribution in [1.29, 1.82) is 0 Å². The van der Waals surface area contributed by atoms with Gasteiger partial charge >= 0.3 is 0 Å². The number of methoxy groups -OCH3 is 2. The zero-order valence-corrected chi connectivity index (χ0v) is 37.5. The zero-order valence-electron chi connectivity index (χ0n) is 34.5. The molecule has 0 aromatic heterocycles. The fourth-order valence-electron chi connectivity index (χ4n) is 5.84. The molecule has 2 aliphatic rings. The third-order valence-electron chi connectivity index (χ3n) is 12.3. The molecular weight excluding hydrogens is 679 g/mol. The number of fused-ring (bicyclic) bond motifs is 2. The summed E-state index contributed by atoms with van der Waals surface area (Å²) in [5, 5.41) is -0.0188. The molecule has 50 heavy (non-hydrogen) atoms. The summed E-state index contributed by atoms with van der Waals surface area (Å²) in [6.07, 6.45) is 0.493. The minimum Gasteiger partial charge on any atom is -0.541 e. The highest BCUT2D eigenvalue weighted by atomic mass is 28.4. The molecule has 0 unspecified atom stereocenters. The lowest BCUT2D eigenvalue weighted by Gasteiger charge is -2.47. The Morgan fingerprint density at radius 3 is 1.94 bits per heavy atom. The molecule has 2 atom stereocenters. The van der Waals surface area contributed by atoms with Crippen LogP contribution in [0.2, 0.25) is 54.4 Å². The van der Waals surface area contributed by atoms with Gasteiger partial charge in [-0.25, -0.2) is 0 Å². The second kappa shape index (κ2) is 14.1. The molecule has 4 rings (SSSR count). The Morgan fingerprint density at radius 1 is 0.800 bits per heavy atom. The van der Waals surface area contributed by atoms with E-state index in [2.05, 4.69) is 126 Å². The minimum atomic E-state index is -2.38. The maximum Gasteiger partial charge on any atom is 0.250 e. The zero-order chi connectivity index (χ0) is 37.8. The molecule has 2 heterocycles. The van der Waals surface area contributed by atoms with Crippen LogP contribution in [0.25, 0.3) is 0 Å². The van der Waals surface area contributed by atoms with Crippen molar-refractivity contribution < 1.29 is 32.2 Å². The Hall–Kier alpha value is -2.03. The molecule has 0 amide bonds. The molecule has 0 bridgehead atoms. The predicted molar refractivity (Wildman–Crippen MR) is 212 cm³/mol. The van der Waals surface area contributed by atoms with Gasteiger partial charge in [-0.05, 0) is 91.1 Å². The van der Waals surface area contributed by atoms with Crippen LogP contribution in [0.15, 0.2) is 18.2 Å². The first-order valence-corrected chi connectivity index (χ1v) is 26.9. The van der Waals surface area contributed by atoms with Crippen LogP contribution in [-0.2, 0) is 21.9 Å². The van der Waals surface area contributed by atoms with Crippen LogP contribution in [0.3, 0.4) is 0 Å². The highest BCUT2D eigenvalue weighted by Gasteiger charge is 2.48. The van der Waals surface area contributed by atoms with Gasteiger partial charge in [0.2, 0.25) is 12.5 Å². The van der Waals surface area contributed by atoms with E-state index in [1.54, 1.807) is 14.2 Å². The van der Waals surface area contributed by atoms with E-state index < -0.39 is 25.0 Å². The maximum absolute atomic E-state index is 7.68. The van der Waals surface area contributed by atoms with Crippen molar-refractivity contribution in [2.24, 2.45) is 0 Å². The first-order valence-electron chi connectivity index (χ1n) is 18.2. The summed E-state index contributed by atoms with van der Waals surface area (Å²) in [4.78, 5) is 2.44. The van der Waals surface area contributed by atoms with E-state index >= 15 is 0 Å². The Kier molecular flexibility index (Phi) is 11.5. The smallest absolute Gasteiger partial charge is 0.250 e. The van der Waals surface area contributed by atoms with Crippen molar-refractivity contribution in [1.82, 2.24) is 4.90 Å². The molecule has 0 radical (unpaired) electrons. The largest absolute Gasteiger partial charge is 0.541 e. The maximum atomic E-state index is 7.68. The average molecular weight is 746 g/mol. The molecular formula is C39H67NO7Si3. The summed E-state index contributed by atoms with van der Waals surface area (Å²) in [6.45, 7) is 35.8. The van der Waals surface area contributed by atoms with Gasteiger partial charge in [-0.1, -0.05) is 68.4 Å². The molecule has 0 saturated carbocycles. The fourth-order valence-corrected chi connectivity index (χ4v) is 9.04. The van der Waals surface area contributed by atoms with Crippen LogP contribution < -0.4 is 23.4 Å². The Balaban J connectivity index is 2.06. The lowest BCUT2D eigenvalue weighted by molar-refractivity contribution is 0.0610. The normalized spacial score (nSPS) is 18.2. The number of likely N-dealkylation sites (N-methyl/N-ethyl adjacent to an activating group) is 1. The van der Waals surface area contributed by atoms with Crippen molar-refractivity contribution in [3.63, 3.8) is 0 Å². The predicted octanol–water partition coefficient (Wildman–Crippen LogP) is 10.6. The quantitative estimate of drug-likeness (QED) is 0.211. The summed E-state index contributed by atoms with van der Waals surface area (Å²) in [5.41, 5.74) is 4.36. The van der Waals surface area contributed by atoms with Crippen LogP contribution in [0.5, 0.6) is 28.7 Å². The van der Waals surface area contributed by atoms with Crippen molar-refractivity contribution in [2.75, 3.05) is 34.6 Å². The highest BCUT2D eigenvalue weighted by molar-refractivity contribution is 6.75. The van der Waals surface area contributed by atoms with Crippen LogP contribution in [0.1, 0.15) is 96.7 Å². The topological polar surface area (TPSA) is 67.9 Å². The van der Waals surface area contributed by atoms with E-state index in [-0.39, 0.29) is 34.1 Å². The second-order valence-corrected chi connectivity index (χ2v) is 33.1. The standard InChI is InChI=1S/C39H67NO7Si3/c1-37(2,3)48(13,14)45-24-28-27(19-20-29(41-11)33(28)42-12)34(46-49(15,16)38(4,5)6)32-31-26(21-22-40(32)10)23-30-35(44-25-43-30)36(31)47-50(17,18)39(7,8)9/h19-20,23,32,34H,21-22,24-25H2,1-18H3/t32-,34+/m1/s1. The summed E-state index contributed by atoms with van der Waals surface area (Å²) >= 11 is 0. The summed E-state index contributed by atoms with van der Waals surface area (Å²) in [5.74, 6) is 3.64. The first-order chi connectivity index (χ1) is 22.8. The van der Waals surface area contributed by atoms with Gasteiger partial charge in [0.25, 0.3) is 8.32 Å². The van der Waals surface area contributed by atoms with Crippen LogP contribution in [0, 0.1) is 0 Å². The number of hydrogen-bond acceptors (Lipinski definition) is 8. The SMILES string of the molecule is COc1ccc([C@H](O[Si](C)(C)C(C)(C)C)[C@H]2c3c(cc4c(c3O[Si](C)(C)C(C)(C)C)OCO4)CCN2C)c(CO[Si](C)(C)C(C)(C)C)c1OC. The van der Waals surface area contributed by atoms with Gasteiger partial charge in [0.05, 0.1) is 33.0 Å². The van der Waals surface area contributed by atoms with Crippen molar-refractivity contribution in [3.05, 3.63) is 40.5 Å². The molecule has 2 aromatic carbocycles. The van der Waals surface area contributed by atoms with Gasteiger partial charge < -0.3 is 32.2 Å². The number of ether oxygens (including phenoxy) is 4. The van der Waals surface area contributed by atoms with E-state index in [9.17, 15) is 0 Å². The third-order valence-corrected chi connectivity index (χ3v) is 25.6.